The van der Waals surface area contributed by atoms with Gasteiger partial charge in [-0.2, -0.15) is 0 Å². The van der Waals surface area contributed by atoms with Gasteiger partial charge < -0.3 is 4.90 Å². The van der Waals surface area contributed by atoms with E-state index in [1.165, 1.54) is 5.56 Å². The number of benzene rings is 3. The molecule has 0 bridgehead atoms. The fraction of sp³-hybridized carbons (Fsp3) is 0.0741. The van der Waals surface area contributed by atoms with E-state index in [-0.39, 0.29) is 5.92 Å². The normalized spacial score (nSPS) is 12.0. The van der Waals surface area contributed by atoms with Crippen LogP contribution in [0.1, 0.15) is 24.1 Å². The molecule has 1 heterocycles. The second kappa shape index (κ2) is 9.03. The van der Waals surface area contributed by atoms with Gasteiger partial charge in [0, 0.05) is 23.0 Å². The molecule has 0 spiro atoms. The van der Waals surface area contributed by atoms with E-state index in [4.69, 9.17) is 4.98 Å². The van der Waals surface area contributed by atoms with Gasteiger partial charge in [-0.25, -0.2) is 0 Å². The van der Waals surface area contributed by atoms with E-state index in [1.54, 1.807) is 0 Å². The Morgan fingerprint density at radius 1 is 0.655 bits per heavy atom. The van der Waals surface area contributed by atoms with Crippen molar-refractivity contribution in [3.05, 3.63) is 127 Å². The quantitative estimate of drug-likeness (QED) is 0.349. The van der Waals surface area contributed by atoms with Crippen LogP contribution in [0.25, 0.3) is 6.08 Å². The first-order valence-electron chi connectivity index (χ1n) is 9.91. The van der Waals surface area contributed by atoms with Crippen LogP contribution in [0.3, 0.4) is 0 Å². The van der Waals surface area contributed by atoms with Crippen LogP contribution in [0.2, 0.25) is 0 Å². The van der Waals surface area contributed by atoms with E-state index in [1.807, 2.05) is 24.4 Å². The number of hydrogen-bond acceptors (Lipinski definition) is 2. The van der Waals surface area contributed by atoms with Gasteiger partial charge in [0.1, 0.15) is 0 Å². The predicted octanol–water partition coefficient (Wildman–Crippen LogP) is 7.37. The standard InChI is InChI=1S/C27H24N2/c1-22(17-18-23-11-5-2-6-12-23)27-20-19-26(21-28-27)29(24-13-7-3-8-14-24)25-15-9-4-10-16-25/h2-22H,1H3. The van der Waals surface area contributed by atoms with Crippen LogP contribution in [0.5, 0.6) is 0 Å². The van der Waals surface area contributed by atoms with Crippen molar-refractivity contribution in [1.29, 1.82) is 0 Å². The van der Waals surface area contributed by atoms with Crippen LogP contribution in [0.15, 0.2) is 115 Å². The van der Waals surface area contributed by atoms with Gasteiger partial charge in [0.2, 0.25) is 0 Å². The van der Waals surface area contributed by atoms with Crippen LogP contribution in [-0.2, 0) is 0 Å². The summed E-state index contributed by atoms with van der Waals surface area (Å²) in [7, 11) is 0. The average Bonchev–Trinajstić information content (AvgIpc) is 2.80. The van der Waals surface area contributed by atoms with Gasteiger partial charge >= 0.3 is 0 Å². The molecule has 1 atom stereocenters. The van der Waals surface area contributed by atoms with E-state index in [0.717, 1.165) is 22.8 Å². The molecule has 2 heteroatoms. The van der Waals surface area contributed by atoms with Crippen molar-refractivity contribution in [3.63, 3.8) is 0 Å². The third-order valence-electron chi connectivity index (χ3n) is 4.90. The van der Waals surface area contributed by atoms with Crippen LogP contribution in [0, 0.1) is 0 Å². The third-order valence-corrected chi connectivity index (χ3v) is 4.90. The van der Waals surface area contributed by atoms with Crippen LogP contribution in [0.4, 0.5) is 17.1 Å². The molecule has 0 radical (unpaired) electrons. The lowest BCUT2D eigenvalue weighted by Gasteiger charge is -2.25. The molecule has 0 fully saturated rings. The second-order valence-corrected chi connectivity index (χ2v) is 7.01. The number of anilines is 3. The summed E-state index contributed by atoms with van der Waals surface area (Å²) in [5.41, 5.74) is 5.54. The molecule has 142 valence electrons. The lowest BCUT2D eigenvalue weighted by molar-refractivity contribution is 0.910. The van der Waals surface area contributed by atoms with Gasteiger partial charge in [-0.05, 0) is 42.0 Å². The average molecular weight is 377 g/mol. The van der Waals surface area contributed by atoms with Gasteiger partial charge in [0.15, 0.2) is 0 Å². The number of hydrogen-bond donors (Lipinski definition) is 0. The molecule has 4 rings (SSSR count). The van der Waals surface area contributed by atoms with E-state index in [0.29, 0.717) is 0 Å². The summed E-state index contributed by atoms with van der Waals surface area (Å²) in [5.74, 6) is 0.242. The minimum Gasteiger partial charge on any atom is -0.309 e. The number of rotatable bonds is 6. The van der Waals surface area contributed by atoms with E-state index in [2.05, 4.69) is 109 Å². The monoisotopic (exact) mass is 376 g/mol. The van der Waals surface area contributed by atoms with Crippen molar-refractivity contribution >= 4 is 23.1 Å². The molecule has 2 nitrogen and oxygen atoms in total. The first kappa shape index (κ1) is 18.7. The summed E-state index contributed by atoms with van der Waals surface area (Å²) in [6, 6.07) is 35.4. The summed E-state index contributed by atoms with van der Waals surface area (Å²) >= 11 is 0. The van der Waals surface area contributed by atoms with Gasteiger partial charge in [0.25, 0.3) is 0 Å². The molecule has 3 aromatic carbocycles. The highest BCUT2D eigenvalue weighted by Crippen LogP contribution is 2.34. The molecule has 0 aliphatic carbocycles. The number of allylic oxidation sites excluding steroid dienone is 1. The molecule has 4 aromatic rings. The molecule has 0 aliphatic rings. The zero-order valence-corrected chi connectivity index (χ0v) is 16.5. The molecule has 0 saturated heterocycles. The molecule has 0 amide bonds. The first-order chi connectivity index (χ1) is 14.3. The van der Waals surface area contributed by atoms with Crippen molar-refractivity contribution in [2.45, 2.75) is 12.8 Å². The maximum Gasteiger partial charge on any atom is 0.0645 e. The number of aromatic nitrogens is 1. The minimum absolute atomic E-state index is 0.242. The van der Waals surface area contributed by atoms with Crippen molar-refractivity contribution in [2.75, 3.05) is 4.90 Å². The lowest BCUT2D eigenvalue weighted by atomic mass is 10.0. The van der Waals surface area contributed by atoms with E-state index >= 15 is 0 Å². The highest BCUT2D eigenvalue weighted by Gasteiger charge is 2.13. The van der Waals surface area contributed by atoms with Crippen LogP contribution in [-0.4, -0.2) is 4.98 Å². The van der Waals surface area contributed by atoms with Crippen LogP contribution >= 0.6 is 0 Å². The SMILES string of the molecule is CC(C=Cc1ccccc1)c1ccc(N(c2ccccc2)c2ccccc2)cn1. The molecule has 1 aromatic heterocycles. The second-order valence-electron chi connectivity index (χ2n) is 7.01. The van der Waals surface area contributed by atoms with Crippen molar-refractivity contribution in [3.8, 4) is 0 Å². The Morgan fingerprint density at radius 2 is 1.21 bits per heavy atom. The van der Waals surface area contributed by atoms with Gasteiger partial charge in [-0.1, -0.05) is 85.8 Å². The number of pyridine rings is 1. The molecular weight excluding hydrogens is 352 g/mol. The summed E-state index contributed by atoms with van der Waals surface area (Å²) < 4.78 is 0. The Morgan fingerprint density at radius 3 is 1.72 bits per heavy atom. The molecule has 1 unspecified atom stereocenters. The van der Waals surface area contributed by atoms with Crippen molar-refractivity contribution in [2.24, 2.45) is 0 Å². The van der Waals surface area contributed by atoms with Gasteiger partial charge in [-0.15, -0.1) is 0 Å². The molecule has 0 N–H and O–H groups in total. The predicted molar refractivity (Wildman–Crippen MR) is 123 cm³/mol. The Labute approximate surface area is 172 Å². The Balaban J connectivity index is 1.60. The Kier molecular flexibility index (Phi) is 5.82. The van der Waals surface area contributed by atoms with Gasteiger partial charge in [0.05, 0.1) is 11.9 Å². The zero-order chi connectivity index (χ0) is 19.9. The Hall–Kier alpha value is -3.65. The minimum atomic E-state index is 0.242. The summed E-state index contributed by atoms with van der Waals surface area (Å²) in [6.45, 7) is 2.17. The topological polar surface area (TPSA) is 16.1 Å². The highest BCUT2D eigenvalue weighted by molar-refractivity contribution is 5.75. The van der Waals surface area contributed by atoms with Crippen molar-refractivity contribution < 1.29 is 0 Å². The number of para-hydroxylation sites is 2. The fourth-order valence-corrected chi connectivity index (χ4v) is 3.32. The molecule has 0 saturated carbocycles. The first-order valence-corrected chi connectivity index (χ1v) is 9.91. The Bertz CT molecular complexity index is 1000. The zero-order valence-electron chi connectivity index (χ0n) is 16.5. The summed E-state index contributed by atoms with van der Waals surface area (Å²) in [5, 5.41) is 0. The summed E-state index contributed by atoms with van der Waals surface area (Å²) in [6.07, 6.45) is 6.31. The summed E-state index contributed by atoms with van der Waals surface area (Å²) in [4.78, 5) is 6.99. The van der Waals surface area contributed by atoms with Crippen LogP contribution < -0.4 is 4.90 Å². The van der Waals surface area contributed by atoms with E-state index < -0.39 is 0 Å². The van der Waals surface area contributed by atoms with Gasteiger partial charge in [-0.3, -0.25) is 4.98 Å². The fourth-order valence-electron chi connectivity index (χ4n) is 3.32. The lowest BCUT2D eigenvalue weighted by Crippen LogP contribution is -2.10. The van der Waals surface area contributed by atoms with Crippen molar-refractivity contribution in [1.82, 2.24) is 4.98 Å². The molecular formula is C27H24N2. The third kappa shape index (κ3) is 4.61. The molecule has 0 aliphatic heterocycles. The largest absolute Gasteiger partial charge is 0.309 e. The maximum absolute atomic E-state index is 4.77. The number of nitrogens with zero attached hydrogens (tertiary/aromatic N) is 2. The highest BCUT2D eigenvalue weighted by atomic mass is 15.1. The molecule has 29 heavy (non-hydrogen) atoms. The van der Waals surface area contributed by atoms with E-state index in [9.17, 15) is 0 Å². The maximum atomic E-state index is 4.77. The smallest absolute Gasteiger partial charge is 0.0645 e.